The van der Waals surface area contributed by atoms with Crippen molar-refractivity contribution in [3.05, 3.63) is 0 Å². The molecule has 0 spiro atoms. The number of ether oxygens (including phenoxy) is 1. The number of hydrogen-bond acceptors (Lipinski definition) is 2. The average Bonchev–Trinajstić information content (AvgIpc) is 2.07. The zero-order chi connectivity index (χ0) is 8.97. The topological polar surface area (TPSA) is 26.3 Å². The van der Waals surface area contributed by atoms with Crippen molar-refractivity contribution < 1.29 is 9.53 Å². The first-order valence-corrected chi connectivity index (χ1v) is 4.79. The van der Waals surface area contributed by atoms with Crippen molar-refractivity contribution in [2.24, 2.45) is 17.8 Å². The molecule has 0 bridgehead atoms. The van der Waals surface area contributed by atoms with E-state index in [1.165, 1.54) is 19.3 Å². The maximum absolute atomic E-state index is 9.97. The van der Waals surface area contributed by atoms with Crippen LogP contribution in [0, 0.1) is 17.8 Å². The van der Waals surface area contributed by atoms with Crippen LogP contribution in [0.25, 0.3) is 0 Å². The average molecular weight is 170 g/mol. The van der Waals surface area contributed by atoms with Gasteiger partial charge in [0.25, 0.3) is 6.47 Å². The minimum atomic E-state index is 0.558. The number of carbonyl (C=O) groups excluding carboxylic acids is 1. The predicted molar refractivity (Wildman–Crippen MR) is 47.7 cm³/mol. The lowest BCUT2D eigenvalue weighted by molar-refractivity contribution is -0.130. The fourth-order valence-electron chi connectivity index (χ4n) is 1.99. The van der Waals surface area contributed by atoms with Crippen LogP contribution >= 0.6 is 0 Å². The minimum Gasteiger partial charge on any atom is -0.468 e. The molecule has 1 fully saturated rings. The highest BCUT2D eigenvalue weighted by Crippen LogP contribution is 2.33. The third kappa shape index (κ3) is 2.50. The molecule has 0 amide bonds. The van der Waals surface area contributed by atoms with Gasteiger partial charge in [0.1, 0.15) is 0 Å². The lowest BCUT2D eigenvalue weighted by Crippen LogP contribution is -2.23. The van der Waals surface area contributed by atoms with Crippen molar-refractivity contribution in [3.63, 3.8) is 0 Å². The van der Waals surface area contributed by atoms with Crippen LogP contribution in [0.4, 0.5) is 0 Å². The molecule has 70 valence electrons. The minimum absolute atomic E-state index is 0.558. The standard InChI is InChI=1S/C10H18O2/c1-8-3-4-10(5-9(8)2)6-12-7-11/h7-10H,3-6H2,1-2H3. The molecule has 1 aliphatic rings. The van der Waals surface area contributed by atoms with Gasteiger partial charge in [0, 0.05) is 0 Å². The summed E-state index contributed by atoms with van der Waals surface area (Å²) in [5.74, 6) is 2.25. The summed E-state index contributed by atoms with van der Waals surface area (Å²) < 4.78 is 4.78. The van der Waals surface area contributed by atoms with E-state index in [-0.39, 0.29) is 0 Å². The maximum atomic E-state index is 9.97. The fourth-order valence-corrected chi connectivity index (χ4v) is 1.99. The van der Waals surface area contributed by atoms with Crippen LogP contribution in [-0.2, 0) is 9.53 Å². The monoisotopic (exact) mass is 170 g/mol. The molecular formula is C10H18O2. The van der Waals surface area contributed by atoms with E-state index < -0.39 is 0 Å². The van der Waals surface area contributed by atoms with Gasteiger partial charge in [0.05, 0.1) is 6.61 Å². The van der Waals surface area contributed by atoms with Crippen molar-refractivity contribution in [2.75, 3.05) is 6.61 Å². The van der Waals surface area contributed by atoms with Crippen molar-refractivity contribution in [2.45, 2.75) is 33.1 Å². The van der Waals surface area contributed by atoms with E-state index in [0.29, 0.717) is 19.0 Å². The van der Waals surface area contributed by atoms with E-state index in [9.17, 15) is 4.79 Å². The van der Waals surface area contributed by atoms with Crippen molar-refractivity contribution in [1.82, 2.24) is 0 Å². The molecule has 0 radical (unpaired) electrons. The summed E-state index contributed by atoms with van der Waals surface area (Å²) in [6.07, 6.45) is 3.72. The Morgan fingerprint density at radius 2 is 2.08 bits per heavy atom. The van der Waals surface area contributed by atoms with Crippen LogP contribution in [0.3, 0.4) is 0 Å². The molecule has 3 unspecified atom stereocenters. The van der Waals surface area contributed by atoms with E-state index in [0.717, 1.165) is 11.8 Å². The van der Waals surface area contributed by atoms with Gasteiger partial charge in [0.15, 0.2) is 0 Å². The number of rotatable bonds is 3. The van der Waals surface area contributed by atoms with E-state index in [4.69, 9.17) is 4.74 Å². The van der Waals surface area contributed by atoms with Gasteiger partial charge in [-0.2, -0.15) is 0 Å². The summed E-state index contributed by atoms with van der Waals surface area (Å²) in [7, 11) is 0. The molecular weight excluding hydrogens is 152 g/mol. The van der Waals surface area contributed by atoms with Gasteiger partial charge in [-0.1, -0.05) is 20.3 Å². The third-order valence-corrected chi connectivity index (χ3v) is 3.11. The van der Waals surface area contributed by atoms with Crippen LogP contribution in [0.2, 0.25) is 0 Å². The summed E-state index contributed by atoms with van der Waals surface area (Å²) in [4.78, 5) is 9.97. The van der Waals surface area contributed by atoms with Gasteiger partial charge in [0.2, 0.25) is 0 Å². The van der Waals surface area contributed by atoms with Gasteiger partial charge in [-0.05, 0) is 30.6 Å². The highest BCUT2D eigenvalue weighted by atomic mass is 16.5. The molecule has 1 aliphatic carbocycles. The lowest BCUT2D eigenvalue weighted by Gasteiger charge is -2.31. The smallest absolute Gasteiger partial charge is 0.293 e. The van der Waals surface area contributed by atoms with Gasteiger partial charge in [-0.3, -0.25) is 4.79 Å². The number of hydrogen-bond donors (Lipinski definition) is 0. The highest BCUT2D eigenvalue weighted by molar-refractivity contribution is 5.36. The Morgan fingerprint density at radius 3 is 2.67 bits per heavy atom. The summed E-state index contributed by atoms with van der Waals surface area (Å²) in [5, 5.41) is 0. The Hall–Kier alpha value is -0.530. The zero-order valence-electron chi connectivity index (χ0n) is 7.95. The fraction of sp³-hybridized carbons (Fsp3) is 0.900. The molecule has 0 aromatic heterocycles. The Balaban J connectivity index is 2.25. The maximum Gasteiger partial charge on any atom is 0.293 e. The third-order valence-electron chi connectivity index (χ3n) is 3.11. The molecule has 1 rings (SSSR count). The summed E-state index contributed by atoms with van der Waals surface area (Å²) in [6, 6.07) is 0. The van der Waals surface area contributed by atoms with Gasteiger partial charge >= 0.3 is 0 Å². The molecule has 0 aromatic rings. The molecule has 0 heterocycles. The molecule has 2 heteroatoms. The van der Waals surface area contributed by atoms with Crippen molar-refractivity contribution in [1.29, 1.82) is 0 Å². The van der Waals surface area contributed by atoms with E-state index in [2.05, 4.69) is 13.8 Å². The summed E-state index contributed by atoms with van der Waals surface area (Å²) >= 11 is 0. The van der Waals surface area contributed by atoms with E-state index in [1.807, 2.05) is 0 Å². The largest absolute Gasteiger partial charge is 0.468 e. The highest BCUT2D eigenvalue weighted by Gasteiger charge is 2.24. The first kappa shape index (κ1) is 9.56. The van der Waals surface area contributed by atoms with Gasteiger partial charge in [-0.15, -0.1) is 0 Å². The second-order valence-electron chi connectivity index (χ2n) is 4.06. The van der Waals surface area contributed by atoms with Crippen LogP contribution < -0.4 is 0 Å². The Bertz CT molecular complexity index is 145. The first-order chi connectivity index (χ1) is 5.74. The zero-order valence-corrected chi connectivity index (χ0v) is 7.95. The molecule has 3 atom stereocenters. The molecule has 0 N–H and O–H groups in total. The normalized spacial score (nSPS) is 36.0. The van der Waals surface area contributed by atoms with Crippen molar-refractivity contribution >= 4 is 6.47 Å². The van der Waals surface area contributed by atoms with Crippen LogP contribution in [0.1, 0.15) is 33.1 Å². The summed E-state index contributed by atoms with van der Waals surface area (Å²) in [6.45, 7) is 5.78. The number of carbonyl (C=O) groups is 1. The molecule has 0 aromatic carbocycles. The second-order valence-corrected chi connectivity index (χ2v) is 4.06. The molecule has 1 saturated carbocycles. The molecule has 2 nitrogen and oxygen atoms in total. The summed E-state index contributed by atoms with van der Waals surface area (Å²) in [5.41, 5.74) is 0. The lowest BCUT2D eigenvalue weighted by atomic mass is 9.76. The SMILES string of the molecule is CC1CCC(COC=O)CC1C. The van der Waals surface area contributed by atoms with E-state index >= 15 is 0 Å². The predicted octanol–water partition coefficient (Wildman–Crippen LogP) is 2.23. The molecule has 12 heavy (non-hydrogen) atoms. The van der Waals surface area contributed by atoms with Gasteiger partial charge < -0.3 is 4.74 Å². The van der Waals surface area contributed by atoms with Crippen LogP contribution in [-0.4, -0.2) is 13.1 Å². The van der Waals surface area contributed by atoms with Gasteiger partial charge in [-0.25, -0.2) is 0 Å². The molecule has 0 saturated heterocycles. The Labute approximate surface area is 74.3 Å². The van der Waals surface area contributed by atoms with E-state index in [1.54, 1.807) is 0 Å². The first-order valence-electron chi connectivity index (χ1n) is 4.79. The van der Waals surface area contributed by atoms with Crippen molar-refractivity contribution in [3.8, 4) is 0 Å². The Kier molecular flexibility index (Phi) is 3.57. The second kappa shape index (κ2) is 4.48. The quantitative estimate of drug-likeness (QED) is 0.607. The van der Waals surface area contributed by atoms with Crippen LogP contribution in [0.5, 0.6) is 0 Å². The Morgan fingerprint density at radius 1 is 1.33 bits per heavy atom. The molecule has 0 aliphatic heterocycles. The van der Waals surface area contributed by atoms with Crippen LogP contribution in [0.15, 0.2) is 0 Å².